The van der Waals surface area contributed by atoms with E-state index in [0.29, 0.717) is 11.5 Å². The SMILES string of the molecule is CC(CCC(=O)ON1C(=O)CCC1=O)SSc1ccccn1. The van der Waals surface area contributed by atoms with Crippen LogP contribution < -0.4 is 0 Å². The molecule has 1 saturated heterocycles. The Morgan fingerprint density at radius 1 is 1.36 bits per heavy atom. The van der Waals surface area contributed by atoms with Crippen LogP contribution in [0, 0.1) is 0 Å². The molecule has 118 valence electrons. The van der Waals surface area contributed by atoms with Gasteiger partial charge in [-0.2, -0.15) is 0 Å². The average Bonchev–Trinajstić information content (AvgIpc) is 2.84. The van der Waals surface area contributed by atoms with Crippen LogP contribution in [0.15, 0.2) is 29.4 Å². The average molecular weight is 340 g/mol. The standard InChI is InChI=1S/C14H16N2O4S2/c1-10(21-22-11-4-2-3-9-15-11)5-8-14(19)20-16-12(17)6-7-13(16)18/h2-4,9-10H,5-8H2,1H3. The van der Waals surface area contributed by atoms with Gasteiger partial charge in [-0.1, -0.05) is 23.8 Å². The lowest BCUT2D eigenvalue weighted by Crippen LogP contribution is -2.32. The van der Waals surface area contributed by atoms with Crippen LogP contribution in [0.2, 0.25) is 0 Å². The molecular weight excluding hydrogens is 324 g/mol. The highest BCUT2D eigenvalue weighted by Crippen LogP contribution is 2.34. The maximum atomic E-state index is 11.7. The molecule has 0 aliphatic carbocycles. The van der Waals surface area contributed by atoms with E-state index in [4.69, 9.17) is 4.84 Å². The molecule has 6 nitrogen and oxygen atoms in total. The molecule has 1 aromatic rings. The van der Waals surface area contributed by atoms with Crippen LogP contribution in [0.25, 0.3) is 0 Å². The molecular formula is C14H16N2O4S2. The van der Waals surface area contributed by atoms with E-state index in [9.17, 15) is 14.4 Å². The van der Waals surface area contributed by atoms with E-state index in [1.165, 1.54) is 0 Å². The number of hydrogen-bond donors (Lipinski definition) is 0. The van der Waals surface area contributed by atoms with Gasteiger partial charge in [0, 0.05) is 30.7 Å². The number of pyridine rings is 1. The summed E-state index contributed by atoms with van der Waals surface area (Å²) in [5, 5.41) is 1.71. The molecule has 2 heterocycles. The van der Waals surface area contributed by atoms with Gasteiger partial charge >= 0.3 is 5.97 Å². The highest BCUT2D eigenvalue weighted by Gasteiger charge is 2.32. The fraction of sp³-hybridized carbons (Fsp3) is 0.429. The molecule has 0 N–H and O–H groups in total. The van der Waals surface area contributed by atoms with Gasteiger partial charge in [0.05, 0.1) is 0 Å². The maximum Gasteiger partial charge on any atom is 0.333 e. The summed E-state index contributed by atoms with van der Waals surface area (Å²) in [6.45, 7) is 2.00. The molecule has 22 heavy (non-hydrogen) atoms. The number of aromatic nitrogens is 1. The number of amides is 2. The summed E-state index contributed by atoms with van der Waals surface area (Å²) in [4.78, 5) is 43.4. The second-order valence-electron chi connectivity index (χ2n) is 4.74. The Bertz CT molecular complexity index is 537. The van der Waals surface area contributed by atoms with Crippen molar-refractivity contribution in [2.45, 2.75) is 42.9 Å². The summed E-state index contributed by atoms with van der Waals surface area (Å²) >= 11 is 0. The Labute approximate surface area is 136 Å². The molecule has 0 aromatic carbocycles. The van der Waals surface area contributed by atoms with Gasteiger partial charge < -0.3 is 4.84 Å². The topological polar surface area (TPSA) is 76.6 Å². The number of hydrogen-bond acceptors (Lipinski definition) is 7. The molecule has 1 aromatic heterocycles. The zero-order valence-corrected chi connectivity index (χ0v) is 13.7. The second kappa shape index (κ2) is 8.19. The number of nitrogens with zero attached hydrogens (tertiary/aromatic N) is 2. The van der Waals surface area contributed by atoms with E-state index in [-0.39, 0.29) is 24.5 Å². The van der Waals surface area contributed by atoms with E-state index < -0.39 is 17.8 Å². The fourth-order valence-electron chi connectivity index (χ4n) is 1.70. The van der Waals surface area contributed by atoms with Crippen molar-refractivity contribution >= 4 is 39.4 Å². The molecule has 1 aliphatic rings. The zero-order valence-electron chi connectivity index (χ0n) is 12.1. The number of carbonyl (C=O) groups is 3. The van der Waals surface area contributed by atoms with Crippen LogP contribution in [-0.4, -0.2) is 33.1 Å². The molecule has 8 heteroatoms. The predicted molar refractivity (Wildman–Crippen MR) is 83.6 cm³/mol. The highest BCUT2D eigenvalue weighted by molar-refractivity contribution is 8.76. The molecule has 2 rings (SSSR count). The van der Waals surface area contributed by atoms with Crippen molar-refractivity contribution in [3.63, 3.8) is 0 Å². The minimum Gasteiger partial charge on any atom is -0.330 e. The molecule has 2 amide bonds. The summed E-state index contributed by atoms with van der Waals surface area (Å²) in [6.07, 6.45) is 2.71. The van der Waals surface area contributed by atoms with E-state index >= 15 is 0 Å². The number of carbonyl (C=O) groups excluding carboxylic acids is 3. The Morgan fingerprint density at radius 3 is 2.73 bits per heavy atom. The predicted octanol–water partition coefficient (Wildman–Crippen LogP) is 2.60. The van der Waals surface area contributed by atoms with Gasteiger partial charge in [-0.25, -0.2) is 9.78 Å². The van der Waals surface area contributed by atoms with Crippen molar-refractivity contribution in [2.24, 2.45) is 0 Å². The third-order valence-corrected chi connectivity index (χ3v) is 5.75. The largest absolute Gasteiger partial charge is 0.333 e. The first-order chi connectivity index (χ1) is 10.6. The summed E-state index contributed by atoms with van der Waals surface area (Å²) in [7, 11) is 3.16. The fourth-order valence-corrected chi connectivity index (χ4v) is 3.79. The molecule has 0 saturated carbocycles. The summed E-state index contributed by atoms with van der Waals surface area (Å²) < 4.78 is 0. The zero-order chi connectivity index (χ0) is 15.9. The van der Waals surface area contributed by atoms with Crippen molar-refractivity contribution in [1.82, 2.24) is 10.0 Å². The van der Waals surface area contributed by atoms with Crippen molar-refractivity contribution < 1.29 is 19.2 Å². The maximum absolute atomic E-state index is 11.7. The van der Waals surface area contributed by atoms with Crippen LogP contribution in [0.3, 0.4) is 0 Å². The third kappa shape index (κ3) is 5.03. The first kappa shape index (κ1) is 16.8. The first-order valence-corrected chi connectivity index (χ1v) is 9.08. The highest BCUT2D eigenvalue weighted by atomic mass is 33.1. The van der Waals surface area contributed by atoms with Crippen molar-refractivity contribution in [3.8, 4) is 0 Å². The smallest absolute Gasteiger partial charge is 0.330 e. The third-order valence-electron chi connectivity index (χ3n) is 2.89. The molecule has 0 radical (unpaired) electrons. The first-order valence-electron chi connectivity index (χ1n) is 6.87. The second-order valence-corrected chi connectivity index (χ2v) is 7.40. The van der Waals surface area contributed by atoms with Crippen LogP contribution >= 0.6 is 21.6 Å². The number of hydroxylamine groups is 2. The summed E-state index contributed by atoms with van der Waals surface area (Å²) in [5.74, 6) is -1.46. The molecule has 1 aliphatic heterocycles. The van der Waals surface area contributed by atoms with Gasteiger partial charge in [-0.3, -0.25) is 9.59 Å². The molecule has 0 bridgehead atoms. The Morgan fingerprint density at radius 2 is 2.09 bits per heavy atom. The van der Waals surface area contributed by atoms with E-state index in [1.807, 2.05) is 25.1 Å². The van der Waals surface area contributed by atoms with Crippen molar-refractivity contribution in [2.75, 3.05) is 0 Å². The summed E-state index contributed by atoms with van der Waals surface area (Å²) in [6, 6.07) is 5.69. The lowest BCUT2D eigenvalue weighted by molar-refractivity contribution is -0.197. The van der Waals surface area contributed by atoms with Crippen LogP contribution in [0.5, 0.6) is 0 Å². The molecule has 1 atom stereocenters. The number of rotatable bonds is 7. The van der Waals surface area contributed by atoms with Gasteiger partial charge in [0.25, 0.3) is 11.8 Å². The van der Waals surface area contributed by atoms with Gasteiger partial charge in [-0.05, 0) is 29.3 Å². The van der Waals surface area contributed by atoms with Gasteiger partial charge in [0.2, 0.25) is 0 Å². The van der Waals surface area contributed by atoms with Crippen LogP contribution in [0.1, 0.15) is 32.6 Å². The normalized spacial score (nSPS) is 16.0. The molecule has 1 fully saturated rings. The minimum atomic E-state index is -0.557. The Kier molecular flexibility index (Phi) is 6.26. The molecule has 1 unspecified atom stereocenters. The number of imide groups is 1. The van der Waals surface area contributed by atoms with E-state index in [2.05, 4.69) is 4.98 Å². The van der Waals surface area contributed by atoms with E-state index in [1.54, 1.807) is 27.8 Å². The quantitative estimate of drug-likeness (QED) is 0.558. The van der Waals surface area contributed by atoms with Crippen molar-refractivity contribution in [3.05, 3.63) is 24.4 Å². The lowest BCUT2D eigenvalue weighted by Gasteiger charge is -2.13. The lowest BCUT2D eigenvalue weighted by atomic mass is 10.2. The molecule has 0 spiro atoms. The van der Waals surface area contributed by atoms with Gasteiger partial charge in [0.1, 0.15) is 5.03 Å². The monoisotopic (exact) mass is 340 g/mol. The van der Waals surface area contributed by atoms with E-state index in [0.717, 1.165) is 5.03 Å². The van der Waals surface area contributed by atoms with Gasteiger partial charge in [-0.15, -0.1) is 5.06 Å². The summed E-state index contributed by atoms with van der Waals surface area (Å²) in [5.41, 5.74) is 0. The van der Waals surface area contributed by atoms with Gasteiger partial charge in [0.15, 0.2) is 0 Å². The Balaban J connectivity index is 1.67. The Hall–Kier alpha value is -1.54. The van der Waals surface area contributed by atoms with Crippen molar-refractivity contribution in [1.29, 1.82) is 0 Å². The van der Waals surface area contributed by atoms with Crippen LogP contribution in [0.4, 0.5) is 0 Å². The van der Waals surface area contributed by atoms with Crippen LogP contribution in [-0.2, 0) is 19.2 Å². The minimum absolute atomic E-state index is 0.110.